The van der Waals surface area contributed by atoms with Crippen molar-refractivity contribution >= 4 is 117 Å². The molecule has 0 radical (unpaired) electrons. The number of nitrogens with zero attached hydrogens (tertiary/aromatic N) is 4. The molecule has 0 saturated carbocycles. The van der Waals surface area contributed by atoms with Gasteiger partial charge < -0.3 is 119 Å². The van der Waals surface area contributed by atoms with Crippen LogP contribution < -0.4 is 0 Å². The summed E-state index contributed by atoms with van der Waals surface area (Å²) in [5.41, 5.74) is 0. The van der Waals surface area contributed by atoms with E-state index in [1.54, 1.807) is 0 Å². The molecule has 0 aromatic carbocycles. The van der Waals surface area contributed by atoms with Crippen LogP contribution in [0.4, 0.5) is 0 Å². The van der Waals surface area contributed by atoms with E-state index in [9.17, 15) is 0 Å². The Bertz CT molecular complexity index is 408. The van der Waals surface area contributed by atoms with Crippen molar-refractivity contribution in [2.75, 3.05) is 52.4 Å². The summed E-state index contributed by atoms with van der Waals surface area (Å²) >= 11 is 38.0. The van der Waals surface area contributed by atoms with Crippen LogP contribution in [0.3, 0.4) is 0 Å². The zero-order valence-corrected chi connectivity index (χ0v) is 29.3. The predicted octanol–water partition coefficient (Wildman–Crippen LogP) is 4.64. The van der Waals surface area contributed by atoms with Crippen LogP contribution >= 0.6 is 48.9 Å². The Hall–Kier alpha value is 1.15. The van der Waals surface area contributed by atoms with Crippen molar-refractivity contribution in [3.8, 4) is 0 Å². The molecular weight excluding hydrogens is 601 g/mol. The average Bonchev–Trinajstić information content (AvgIpc) is 2.72. The van der Waals surface area contributed by atoms with Gasteiger partial charge in [-0.05, 0) is 55.4 Å². The number of hydrogen-bond donors (Lipinski definition) is 0. The second kappa shape index (κ2) is 31.2. The standard InChI is InChI=1S/4C5H11NS2.Ti/c4*1-3-6(4-2)5(7)8;/h4*3-4H2,1-2H3,(H,7,8);/q;;;;+4/p-4. The molecule has 0 bridgehead atoms. The van der Waals surface area contributed by atoms with Crippen LogP contribution in [-0.2, 0) is 72.2 Å². The molecule has 0 N–H and O–H groups in total. The van der Waals surface area contributed by atoms with Gasteiger partial charge in [-0.1, -0.05) is 17.3 Å². The van der Waals surface area contributed by atoms with Gasteiger partial charge in [-0.2, -0.15) is 0 Å². The molecule has 0 spiro atoms. The molecule has 4 nitrogen and oxygen atoms in total. The first-order chi connectivity index (χ1) is 14.9. The fourth-order valence-electron chi connectivity index (χ4n) is 1.93. The van der Waals surface area contributed by atoms with Crippen LogP contribution in [0.25, 0.3) is 0 Å². The quantitative estimate of drug-likeness (QED) is 0.209. The third kappa shape index (κ3) is 29.3. The van der Waals surface area contributed by atoms with Crippen molar-refractivity contribution < 1.29 is 21.7 Å². The summed E-state index contributed by atoms with van der Waals surface area (Å²) in [5.74, 6) is 0. The van der Waals surface area contributed by atoms with Gasteiger partial charge in [0.25, 0.3) is 0 Å². The van der Waals surface area contributed by atoms with Crippen LogP contribution in [0.2, 0.25) is 0 Å². The van der Waals surface area contributed by atoms with E-state index in [0.29, 0.717) is 17.3 Å². The summed E-state index contributed by atoms with van der Waals surface area (Å²) in [6, 6.07) is 0. The molecule has 0 fully saturated rings. The van der Waals surface area contributed by atoms with E-state index in [0.717, 1.165) is 52.4 Å². The van der Waals surface area contributed by atoms with Crippen molar-refractivity contribution in [2.45, 2.75) is 55.4 Å². The fraction of sp³-hybridized carbons (Fsp3) is 0.800. The molecule has 0 unspecified atom stereocenters. The van der Waals surface area contributed by atoms with Crippen LogP contribution in [0.1, 0.15) is 55.4 Å². The van der Waals surface area contributed by atoms with Crippen LogP contribution in [0.5, 0.6) is 0 Å². The molecule has 0 aliphatic heterocycles. The minimum Gasteiger partial charge on any atom is -0.411 e. The van der Waals surface area contributed by atoms with Gasteiger partial charge in [0.2, 0.25) is 0 Å². The monoisotopic (exact) mass is 640 g/mol. The fourth-order valence-corrected chi connectivity index (χ4v) is 3.99. The molecule has 13 heteroatoms. The Balaban J connectivity index is -0.000000105. The Kier molecular flexibility index (Phi) is 41.7. The first-order valence-corrected chi connectivity index (χ1v) is 14.0. The van der Waals surface area contributed by atoms with Crippen molar-refractivity contribution in [1.82, 2.24) is 19.6 Å². The number of hydrogen-bond acceptors (Lipinski definition) is 8. The van der Waals surface area contributed by atoms with Gasteiger partial charge in [0.15, 0.2) is 0 Å². The third-order valence-corrected chi connectivity index (χ3v) is 6.15. The minimum absolute atomic E-state index is 0. The van der Waals surface area contributed by atoms with E-state index in [4.69, 9.17) is 99.4 Å². The van der Waals surface area contributed by atoms with Gasteiger partial charge in [-0.3, -0.25) is 0 Å². The van der Waals surface area contributed by atoms with Crippen LogP contribution in [0.15, 0.2) is 0 Å². The summed E-state index contributed by atoms with van der Waals surface area (Å²) < 4.78 is 2.31. The summed E-state index contributed by atoms with van der Waals surface area (Å²) in [7, 11) is 0. The molecule has 0 heterocycles. The minimum atomic E-state index is 0. The van der Waals surface area contributed by atoms with E-state index in [-0.39, 0.29) is 21.7 Å². The van der Waals surface area contributed by atoms with Crippen molar-refractivity contribution in [3.63, 3.8) is 0 Å². The normalized spacial score (nSPS) is 8.48. The molecule has 0 aliphatic carbocycles. The molecule has 0 rings (SSSR count). The molecule has 33 heavy (non-hydrogen) atoms. The second-order valence-electron chi connectivity index (χ2n) is 5.75. The van der Waals surface area contributed by atoms with Gasteiger partial charge in [-0.25, -0.2) is 0 Å². The number of rotatable bonds is 8. The zero-order chi connectivity index (χ0) is 26.3. The SMILES string of the molecule is CCN(CC)C(=S)[S-].CCN(CC)C(=S)[S-].CCN(CC)C(=S)[S-].CCN(CC)C(=S)[S-].[Ti+4]. The van der Waals surface area contributed by atoms with E-state index in [1.807, 2.05) is 75.0 Å². The zero-order valence-electron chi connectivity index (χ0n) is 21.2. The second-order valence-corrected chi connectivity index (χ2v) is 9.88. The molecule has 0 atom stereocenters. The third-order valence-electron chi connectivity index (χ3n) is 4.09. The summed E-state index contributed by atoms with van der Waals surface area (Å²) in [6.07, 6.45) is 0. The maximum Gasteiger partial charge on any atom is 4.00 e. The number of thiocarbonyl (C=S) groups is 4. The van der Waals surface area contributed by atoms with Gasteiger partial charge >= 0.3 is 21.7 Å². The maximum absolute atomic E-state index is 4.76. The van der Waals surface area contributed by atoms with Crippen molar-refractivity contribution in [2.24, 2.45) is 0 Å². The first-order valence-electron chi connectivity index (χ1n) is 10.7. The van der Waals surface area contributed by atoms with Crippen LogP contribution in [0, 0.1) is 0 Å². The Morgan fingerprint density at radius 1 is 0.394 bits per heavy atom. The molecule has 0 aromatic heterocycles. The molecule has 0 aromatic rings. The molecule has 0 saturated heterocycles. The van der Waals surface area contributed by atoms with Gasteiger partial charge in [0, 0.05) is 52.4 Å². The Labute approximate surface area is 263 Å². The van der Waals surface area contributed by atoms with E-state index in [2.05, 4.69) is 0 Å². The molecule has 0 amide bonds. The largest absolute Gasteiger partial charge is 4.00 e. The summed E-state index contributed by atoms with van der Waals surface area (Å²) in [4.78, 5) is 7.85. The first kappa shape index (κ1) is 44.2. The topological polar surface area (TPSA) is 13.0 Å². The average molecular weight is 641 g/mol. The van der Waals surface area contributed by atoms with Gasteiger partial charge in [0.1, 0.15) is 0 Å². The molecule has 192 valence electrons. The van der Waals surface area contributed by atoms with Gasteiger partial charge in [0.05, 0.1) is 0 Å². The van der Waals surface area contributed by atoms with Crippen molar-refractivity contribution in [3.05, 3.63) is 0 Å². The van der Waals surface area contributed by atoms with Crippen molar-refractivity contribution in [1.29, 1.82) is 0 Å². The van der Waals surface area contributed by atoms with Gasteiger partial charge in [-0.15, -0.1) is 0 Å². The Morgan fingerprint density at radius 2 is 0.485 bits per heavy atom. The molecular formula is C20H40N4S8Ti. The summed E-state index contributed by atoms with van der Waals surface area (Å²) in [6.45, 7) is 23.8. The van der Waals surface area contributed by atoms with E-state index >= 15 is 0 Å². The van der Waals surface area contributed by atoms with Crippen LogP contribution in [-0.4, -0.2) is 89.2 Å². The predicted molar refractivity (Wildman–Crippen MR) is 172 cm³/mol. The molecule has 0 aliphatic rings. The smallest absolute Gasteiger partial charge is 0.411 e. The van der Waals surface area contributed by atoms with E-state index in [1.165, 1.54) is 0 Å². The van der Waals surface area contributed by atoms with E-state index < -0.39 is 0 Å². The maximum atomic E-state index is 4.76. The summed E-state index contributed by atoms with van der Waals surface area (Å²) in [5, 5.41) is 0. The Morgan fingerprint density at radius 3 is 0.485 bits per heavy atom.